The highest BCUT2D eigenvalue weighted by Gasteiger charge is 2.16. The molecule has 0 aliphatic rings. The fourth-order valence-corrected chi connectivity index (χ4v) is 2.61. The number of nitrogens with zero attached hydrogens (tertiary/aromatic N) is 5. The summed E-state index contributed by atoms with van der Waals surface area (Å²) < 4.78 is 2.82. The summed E-state index contributed by atoms with van der Waals surface area (Å²) in [6.07, 6.45) is 2.99. The molecule has 0 saturated heterocycles. The Balaban J connectivity index is 1.93. The van der Waals surface area contributed by atoms with E-state index in [2.05, 4.69) is 20.4 Å². The average Bonchev–Trinajstić information content (AvgIpc) is 2.95. The third-order valence-corrected chi connectivity index (χ3v) is 4.07. The third-order valence-electron chi connectivity index (χ3n) is 4.07. The van der Waals surface area contributed by atoms with E-state index in [-0.39, 0.29) is 36.6 Å². The Labute approximate surface area is 143 Å². The van der Waals surface area contributed by atoms with Gasteiger partial charge < -0.3 is 15.0 Å². The van der Waals surface area contributed by atoms with E-state index in [1.54, 1.807) is 19.2 Å². The number of carbonyl (C=O) groups is 1. The summed E-state index contributed by atoms with van der Waals surface area (Å²) in [4.78, 5) is 33.1. The van der Waals surface area contributed by atoms with Gasteiger partial charge in [0, 0.05) is 12.4 Å². The monoisotopic (exact) mass is 344 g/mol. The molecule has 1 atom stereocenters. The molecule has 0 bridgehead atoms. The highest BCUT2D eigenvalue weighted by atomic mass is 16.3. The van der Waals surface area contributed by atoms with Gasteiger partial charge in [0.25, 0.3) is 11.3 Å². The molecule has 0 fully saturated rings. The molecule has 0 aliphatic heterocycles. The summed E-state index contributed by atoms with van der Waals surface area (Å²) >= 11 is 0. The predicted molar refractivity (Wildman–Crippen MR) is 91.1 cm³/mol. The van der Waals surface area contributed by atoms with E-state index < -0.39 is 0 Å². The van der Waals surface area contributed by atoms with Crippen molar-refractivity contribution in [3.63, 3.8) is 0 Å². The number of carbonyl (C=O) groups excluding carboxylic acids is 1. The topological polar surface area (TPSA) is 114 Å². The van der Waals surface area contributed by atoms with Crippen molar-refractivity contribution in [3.8, 4) is 0 Å². The standard InChI is InChI=1S/C16H20N6O3/c1-9(2)12(8-23)19-14(24)7-21-5-4-13-11(15(21)25)6-17-16-18-10(3)20-22(13)16/h4-6,9,12,23H,7-8H2,1-3H3,(H,19,24)/t12-/m0/s1. The van der Waals surface area contributed by atoms with Crippen molar-refractivity contribution >= 4 is 22.6 Å². The summed E-state index contributed by atoms with van der Waals surface area (Å²) in [6, 6.07) is 1.36. The van der Waals surface area contributed by atoms with Crippen molar-refractivity contribution < 1.29 is 9.90 Å². The van der Waals surface area contributed by atoms with Gasteiger partial charge in [-0.2, -0.15) is 9.50 Å². The molecular weight excluding hydrogens is 324 g/mol. The number of hydrogen-bond acceptors (Lipinski definition) is 6. The smallest absolute Gasteiger partial charge is 0.262 e. The number of aliphatic hydroxyl groups is 1. The third kappa shape index (κ3) is 3.22. The van der Waals surface area contributed by atoms with E-state index in [4.69, 9.17) is 0 Å². The number of pyridine rings is 1. The molecule has 0 aromatic carbocycles. The maximum atomic E-state index is 12.6. The van der Waals surface area contributed by atoms with E-state index in [1.165, 1.54) is 15.3 Å². The Morgan fingerprint density at radius 3 is 2.84 bits per heavy atom. The Morgan fingerprint density at radius 1 is 1.40 bits per heavy atom. The van der Waals surface area contributed by atoms with Crippen LogP contribution in [0.2, 0.25) is 0 Å². The lowest BCUT2D eigenvalue weighted by Crippen LogP contribution is -2.43. The zero-order chi connectivity index (χ0) is 18.1. The van der Waals surface area contributed by atoms with Crippen molar-refractivity contribution in [1.82, 2.24) is 29.5 Å². The van der Waals surface area contributed by atoms with Gasteiger partial charge in [-0.1, -0.05) is 13.8 Å². The highest BCUT2D eigenvalue weighted by Crippen LogP contribution is 2.10. The van der Waals surface area contributed by atoms with Gasteiger partial charge >= 0.3 is 0 Å². The van der Waals surface area contributed by atoms with Crippen LogP contribution in [0, 0.1) is 12.8 Å². The second-order valence-electron chi connectivity index (χ2n) is 6.28. The molecule has 3 aromatic rings. The number of fused-ring (bicyclic) bond motifs is 3. The van der Waals surface area contributed by atoms with Crippen molar-refractivity contribution in [2.45, 2.75) is 33.4 Å². The Kier molecular flexibility index (Phi) is 4.49. The van der Waals surface area contributed by atoms with Crippen molar-refractivity contribution in [1.29, 1.82) is 0 Å². The summed E-state index contributed by atoms with van der Waals surface area (Å²) in [7, 11) is 0. The maximum Gasteiger partial charge on any atom is 0.262 e. The fraction of sp³-hybridized carbons (Fsp3) is 0.438. The van der Waals surface area contributed by atoms with Crippen LogP contribution in [-0.4, -0.2) is 47.8 Å². The van der Waals surface area contributed by atoms with E-state index in [1.807, 2.05) is 13.8 Å². The van der Waals surface area contributed by atoms with Crippen LogP contribution in [0.3, 0.4) is 0 Å². The highest BCUT2D eigenvalue weighted by molar-refractivity contribution is 5.80. The molecule has 25 heavy (non-hydrogen) atoms. The summed E-state index contributed by atoms with van der Waals surface area (Å²) in [5.74, 6) is 0.741. The second-order valence-corrected chi connectivity index (χ2v) is 6.28. The maximum absolute atomic E-state index is 12.6. The van der Waals surface area contributed by atoms with Gasteiger partial charge in [-0.05, 0) is 18.9 Å². The van der Waals surface area contributed by atoms with Crippen LogP contribution >= 0.6 is 0 Å². The normalized spacial score (nSPS) is 12.8. The lowest BCUT2D eigenvalue weighted by Gasteiger charge is -2.20. The fourth-order valence-electron chi connectivity index (χ4n) is 2.61. The second kappa shape index (κ2) is 6.60. The molecule has 132 valence electrons. The molecule has 0 radical (unpaired) electrons. The van der Waals surface area contributed by atoms with Gasteiger partial charge in [0.05, 0.1) is 23.6 Å². The lowest BCUT2D eigenvalue weighted by molar-refractivity contribution is -0.123. The zero-order valence-corrected chi connectivity index (χ0v) is 14.3. The molecule has 3 heterocycles. The summed E-state index contributed by atoms with van der Waals surface area (Å²) in [6.45, 7) is 5.27. The van der Waals surface area contributed by atoms with Crippen molar-refractivity contribution in [2.24, 2.45) is 5.92 Å². The van der Waals surface area contributed by atoms with Gasteiger partial charge in [0.2, 0.25) is 5.91 Å². The number of amides is 1. The van der Waals surface area contributed by atoms with E-state index in [0.29, 0.717) is 22.5 Å². The first-order valence-electron chi connectivity index (χ1n) is 8.02. The number of aromatic nitrogens is 5. The largest absolute Gasteiger partial charge is 0.394 e. The molecule has 1 amide bonds. The van der Waals surface area contributed by atoms with Crippen molar-refractivity contribution in [2.75, 3.05) is 6.61 Å². The molecule has 3 rings (SSSR count). The average molecular weight is 344 g/mol. The molecule has 9 heteroatoms. The molecule has 0 saturated carbocycles. The quantitative estimate of drug-likeness (QED) is 0.667. The first-order valence-corrected chi connectivity index (χ1v) is 8.02. The number of aryl methyl sites for hydroxylation is 1. The molecule has 9 nitrogen and oxygen atoms in total. The molecule has 0 unspecified atom stereocenters. The number of aliphatic hydroxyl groups excluding tert-OH is 1. The number of hydrogen-bond donors (Lipinski definition) is 2. The van der Waals surface area contributed by atoms with Gasteiger partial charge in [-0.15, -0.1) is 5.10 Å². The van der Waals surface area contributed by atoms with E-state index in [9.17, 15) is 14.7 Å². The van der Waals surface area contributed by atoms with Gasteiger partial charge in [-0.3, -0.25) is 9.59 Å². The molecular formula is C16H20N6O3. The van der Waals surface area contributed by atoms with Crippen molar-refractivity contribution in [3.05, 3.63) is 34.6 Å². The molecule has 0 aliphatic carbocycles. The van der Waals surface area contributed by atoms with E-state index in [0.717, 1.165) is 0 Å². The van der Waals surface area contributed by atoms with Gasteiger partial charge in [0.15, 0.2) is 0 Å². The van der Waals surface area contributed by atoms with Crippen LogP contribution in [0.15, 0.2) is 23.3 Å². The number of nitrogens with one attached hydrogen (secondary N) is 1. The minimum atomic E-state index is -0.344. The SMILES string of the molecule is Cc1nc2ncc3c(=O)n(CC(=O)N[C@@H](CO)C(C)C)ccc3n2n1. The van der Waals surface area contributed by atoms with Crippen LogP contribution in [0.1, 0.15) is 19.7 Å². The summed E-state index contributed by atoms with van der Waals surface area (Å²) in [5.41, 5.74) is 0.253. The lowest BCUT2D eigenvalue weighted by atomic mass is 10.1. The first-order chi connectivity index (χ1) is 11.9. The van der Waals surface area contributed by atoms with Gasteiger partial charge in [0.1, 0.15) is 12.4 Å². The van der Waals surface area contributed by atoms with E-state index >= 15 is 0 Å². The molecule has 2 N–H and O–H groups in total. The minimum absolute atomic E-state index is 0.0929. The van der Waals surface area contributed by atoms with Crippen LogP contribution in [-0.2, 0) is 11.3 Å². The Morgan fingerprint density at radius 2 is 2.16 bits per heavy atom. The van der Waals surface area contributed by atoms with Gasteiger partial charge in [-0.25, -0.2) is 4.98 Å². The minimum Gasteiger partial charge on any atom is -0.394 e. The Bertz CT molecular complexity index is 991. The number of rotatable bonds is 5. The van der Waals surface area contributed by atoms with Crippen LogP contribution in [0.25, 0.3) is 16.7 Å². The van der Waals surface area contributed by atoms with Crippen LogP contribution < -0.4 is 10.9 Å². The van der Waals surface area contributed by atoms with Crippen LogP contribution in [0.4, 0.5) is 0 Å². The summed E-state index contributed by atoms with van der Waals surface area (Å²) in [5, 5.41) is 16.6. The predicted octanol–water partition coefficient (Wildman–Crippen LogP) is -0.119. The van der Waals surface area contributed by atoms with Crippen LogP contribution in [0.5, 0.6) is 0 Å². The molecule has 3 aromatic heterocycles. The Hall–Kier alpha value is -2.81. The molecule has 0 spiro atoms. The first kappa shape index (κ1) is 17.0. The zero-order valence-electron chi connectivity index (χ0n) is 14.3.